The molecular weight excluding hydrogens is 315 g/mol. The lowest BCUT2D eigenvalue weighted by atomic mass is 10.2. The van der Waals surface area contributed by atoms with Gasteiger partial charge < -0.3 is 0 Å². The molecule has 0 saturated carbocycles. The van der Waals surface area contributed by atoms with Crippen molar-refractivity contribution < 1.29 is 13.2 Å². The van der Waals surface area contributed by atoms with E-state index in [4.69, 9.17) is 0 Å². The van der Waals surface area contributed by atoms with Gasteiger partial charge in [-0.05, 0) is 25.3 Å². The molecule has 1 nitrogen and oxygen atoms in total. The molecule has 6 heteroatoms. The van der Waals surface area contributed by atoms with Crippen LogP contribution in [0.5, 0.6) is 0 Å². The summed E-state index contributed by atoms with van der Waals surface area (Å²) in [5.41, 5.74) is 0. The van der Waals surface area contributed by atoms with Crippen LogP contribution in [-0.2, 0) is 6.54 Å². The molecule has 1 rings (SSSR count). The van der Waals surface area contributed by atoms with Gasteiger partial charge in [0.2, 0.25) is 0 Å². The number of hydrogen-bond acceptors (Lipinski definition) is 2. The summed E-state index contributed by atoms with van der Waals surface area (Å²) in [6.07, 6.45) is -4.19. The Labute approximate surface area is 112 Å². The van der Waals surface area contributed by atoms with Crippen LogP contribution in [-0.4, -0.2) is 28.5 Å². The normalized spacial score (nSPS) is 14.6. The average Bonchev–Trinajstić information content (AvgIpc) is 2.67. The summed E-state index contributed by atoms with van der Waals surface area (Å²) in [7, 11) is 0. The summed E-state index contributed by atoms with van der Waals surface area (Å²) in [5, 5.41) is 1.93. The second-order valence-corrected chi connectivity index (χ2v) is 6.25. The van der Waals surface area contributed by atoms with E-state index in [9.17, 15) is 13.2 Å². The lowest BCUT2D eigenvalue weighted by Gasteiger charge is -2.28. The second kappa shape index (κ2) is 6.20. The summed E-state index contributed by atoms with van der Waals surface area (Å²) in [4.78, 5) is 1.43. The van der Waals surface area contributed by atoms with E-state index in [1.807, 2.05) is 36.3 Å². The van der Waals surface area contributed by atoms with E-state index in [1.54, 1.807) is 11.3 Å². The highest BCUT2D eigenvalue weighted by molar-refractivity contribution is 9.09. The van der Waals surface area contributed by atoms with Crippen LogP contribution in [0.4, 0.5) is 13.2 Å². The van der Waals surface area contributed by atoms with Gasteiger partial charge in [-0.1, -0.05) is 22.0 Å². The molecule has 0 radical (unpaired) electrons. The van der Waals surface area contributed by atoms with Gasteiger partial charge in [-0.25, -0.2) is 0 Å². The van der Waals surface area contributed by atoms with Gasteiger partial charge in [0, 0.05) is 24.0 Å². The van der Waals surface area contributed by atoms with Crippen molar-refractivity contribution in [3.63, 3.8) is 0 Å². The monoisotopic (exact) mass is 329 g/mol. The maximum absolute atomic E-state index is 12.5. The smallest absolute Gasteiger partial charge is 0.294 e. The fraction of sp³-hybridized carbons (Fsp3) is 0.636. The van der Waals surface area contributed by atoms with Crippen molar-refractivity contribution in [3.05, 3.63) is 22.4 Å². The fourth-order valence-corrected chi connectivity index (χ4v) is 2.47. The molecular formula is C11H15BrF3NS. The first kappa shape index (κ1) is 15.0. The quantitative estimate of drug-likeness (QED) is 0.728. The van der Waals surface area contributed by atoms with Gasteiger partial charge in [-0.2, -0.15) is 13.2 Å². The van der Waals surface area contributed by atoms with Crippen LogP contribution < -0.4 is 0 Å². The maximum Gasteiger partial charge on any atom is 0.402 e. The molecule has 1 unspecified atom stereocenters. The minimum absolute atomic E-state index is 0.0287. The van der Waals surface area contributed by atoms with Crippen molar-refractivity contribution in [3.8, 4) is 0 Å². The number of hydrogen-bond donors (Lipinski definition) is 0. The van der Waals surface area contributed by atoms with E-state index >= 15 is 0 Å². The molecule has 98 valence electrons. The Kier molecular flexibility index (Phi) is 5.47. The predicted molar refractivity (Wildman–Crippen MR) is 68.6 cm³/mol. The largest absolute Gasteiger partial charge is 0.402 e. The van der Waals surface area contributed by atoms with Crippen molar-refractivity contribution >= 4 is 27.3 Å². The molecule has 0 aliphatic carbocycles. The van der Waals surface area contributed by atoms with Crippen LogP contribution in [0.15, 0.2) is 17.5 Å². The molecule has 0 amide bonds. The van der Waals surface area contributed by atoms with E-state index in [2.05, 4.69) is 15.9 Å². The molecule has 0 aliphatic heterocycles. The molecule has 0 N–H and O–H groups in total. The van der Waals surface area contributed by atoms with E-state index < -0.39 is 11.0 Å². The molecule has 1 atom stereocenters. The Hall–Kier alpha value is -0.0700. The molecule has 1 heterocycles. The van der Waals surface area contributed by atoms with Gasteiger partial charge >= 0.3 is 6.18 Å². The standard InChI is InChI=1S/C11H15BrF3NS/c1-8(2)16(6-9-4-3-5-17-9)7-10(12)11(13,14)15/h3-5,8,10H,6-7H2,1-2H3. The van der Waals surface area contributed by atoms with Gasteiger partial charge in [-0.15, -0.1) is 11.3 Å². The van der Waals surface area contributed by atoms with Crippen LogP contribution in [0.2, 0.25) is 0 Å². The first-order valence-corrected chi connectivity index (χ1v) is 7.07. The summed E-state index contributed by atoms with van der Waals surface area (Å²) < 4.78 is 37.4. The van der Waals surface area contributed by atoms with Crippen LogP contribution >= 0.6 is 27.3 Å². The first-order chi connectivity index (χ1) is 7.80. The van der Waals surface area contributed by atoms with Gasteiger partial charge in [0.1, 0.15) is 4.83 Å². The highest BCUT2D eigenvalue weighted by Crippen LogP contribution is 2.28. The second-order valence-electron chi connectivity index (χ2n) is 4.11. The Morgan fingerprint density at radius 2 is 2.06 bits per heavy atom. The summed E-state index contributed by atoms with van der Waals surface area (Å²) in [6.45, 7) is 4.35. The van der Waals surface area contributed by atoms with Crippen LogP contribution in [0, 0.1) is 0 Å². The molecule has 17 heavy (non-hydrogen) atoms. The van der Waals surface area contributed by atoms with Crippen LogP contribution in [0.1, 0.15) is 18.7 Å². The SMILES string of the molecule is CC(C)N(Cc1cccs1)CC(Br)C(F)(F)F. The summed E-state index contributed by atoms with van der Waals surface area (Å²) in [5.74, 6) is 0. The molecule has 0 saturated heterocycles. The number of thiophene rings is 1. The zero-order chi connectivity index (χ0) is 13.1. The lowest BCUT2D eigenvalue weighted by Crippen LogP contribution is -2.40. The summed E-state index contributed by atoms with van der Waals surface area (Å²) in [6, 6.07) is 3.93. The third-order valence-corrected chi connectivity index (χ3v) is 4.09. The third kappa shape index (κ3) is 4.97. The molecule has 0 aliphatic rings. The maximum atomic E-state index is 12.5. The number of alkyl halides is 4. The van der Waals surface area contributed by atoms with E-state index in [0.29, 0.717) is 6.54 Å². The predicted octanol–water partition coefficient (Wildman–Crippen LogP) is 4.28. The highest BCUT2D eigenvalue weighted by Gasteiger charge is 2.38. The van der Waals surface area contributed by atoms with Crippen LogP contribution in [0.3, 0.4) is 0 Å². The Balaban J connectivity index is 2.61. The topological polar surface area (TPSA) is 3.24 Å². The van der Waals surface area contributed by atoms with E-state index in [1.165, 1.54) is 0 Å². The third-order valence-electron chi connectivity index (χ3n) is 2.42. The van der Waals surface area contributed by atoms with Crippen molar-refractivity contribution in [1.82, 2.24) is 4.90 Å². The number of nitrogens with zero attached hydrogens (tertiary/aromatic N) is 1. The number of rotatable bonds is 5. The lowest BCUT2D eigenvalue weighted by molar-refractivity contribution is -0.131. The Morgan fingerprint density at radius 3 is 2.47 bits per heavy atom. The van der Waals surface area contributed by atoms with Gasteiger partial charge in [0.15, 0.2) is 0 Å². The van der Waals surface area contributed by atoms with Gasteiger partial charge in [0.25, 0.3) is 0 Å². The highest BCUT2D eigenvalue weighted by atomic mass is 79.9. The van der Waals surface area contributed by atoms with Crippen molar-refractivity contribution in [2.45, 2.75) is 37.4 Å². The molecule has 0 aromatic carbocycles. The van der Waals surface area contributed by atoms with Crippen molar-refractivity contribution in [2.24, 2.45) is 0 Å². The summed E-state index contributed by atoms with van der Waals surface area (Å²) >= 11 is 4.27. The first-order valence-electron chi connectivity index (χ1n) is 5.28. The average molecular weight is 330 g/mol. The van der Waals surface area contributed by atoms with Crippen LogP contribution in [0.25, 0.3) is 0 Å². The van der Waals surface area contributed by atoms with Gasteiger partial charge in [0.05, 0.1) is 0 Å². The fourth-order valence-electron chi connectivity index (χ4n) is 1.37. The number of halogens is 4. The minimum Gasteiger partial charge on any atom is -0.294 e. The molecule has 0 spiro atoms. The van der Waals surface area contributed by atoms with Gasteiger partial charge in [-0.3, -0.25) is 4.90 Å². The molecule has 1 aromatic rings. The molecule has 0 bridgehead atoms. The zero-order valence-electron chi connectivity index (χ0n) is 9.67. The Bertz CT molecular complexity index is 324. The zero-order valence-corrected chi connectivity index (χ0v) is 12.1. The molecule has 1 aromatic heterocycles. The van der Waals surface area contributed by atoms with Crippen molar-refractivity contribution in [2.75, 3.05) is 6.54 Å². The molecule has 0 fully saturated rings. The Morgan fingerprint density at radius 1 is 1.41 bits per heavy atom. The van der Waals surface area contributed by atoms with E-state index in [0.717, 1.165) is 4.88 Å². The van der Waals surface area contributed by atoms with Crippen molar-refractivity contribution in [1.29, 1.82) is 0 Å². The van der Waals surface area contributed by atoms with E-state index in [-0.39, 0.29) is 12.6 Å². The minimum atomic E-state index is -4.19.